The molecule has 0 amide bonds. The molecule has 1 atom stereocenters. The van der Waals surface area contributed by atoms with Crippen molar-refractivity contribution in [1.82, 2.24) is 0 Å². The number of rotatable bonds is 4. The van der Waals surface area contributed by atoms with E-state index in [1.54, 1.807) is 6.08 Å². The largest absolute Gasteiger partial charge is 0.235 e. The molecule has 0 bridgehead atoms. The summed E-state index contributed by atoms with van der Waals surface area (Å²) in [4.78, 5) is 13.9. The summed E-state index contributed by atoms with van der Waals surface area (Å²) in [7, 11) is 0. The molecule has 0 aliphatic heterocycles. The molecule has 78 valence electrons. The van der Waals surface area contributed by atoms with Crippen LogP contribution in [0.25, 0.3) is 0 Å². The second-order valence-electron chi connectivity index (χ2n) is 3.59. The molecule has 0 N–H and O–H groups in total. The van der Waals surface area contributed by atoms with Crippen molar-refractivity contribution in [3.05, 3.63) is 47.5 Å². The zero-order valence-corrected chi connectivity index (χ0v) is 9.16. The number of aliphatic imine (C=N–C) groups is 1. The third-order valence-corrected chi connectivity index (χ3v) is 2.36. The topological polar surface area (TPSA) is 29.4 Å². The maximum atomic E-state index is 10.2. The fourth-order valence-electron chi connectivity index (χ4n) is 1.62. The van der Waals surface area contributed by atoms with Crippen molar-refractivity contribution in [3.63, 3.8) is 0 Å². The van der Waals surface area contributed by atoms with E-state index in [1.807, 2.05) is 32.1 Å². The predicted octanol–water partition coefficient (Wildman–Crippen LogP) is 3.12. The van der Waals surface area contributed by atoms with Crippen molar-refractivity contribution in [1.29, 1.82) is 0 Å². The second-order valence-corrected chi connectivity index (χ2v) is 3.59. The van der Waals surface area contributed by atoms with Gasteiger partial charge in [-0.15, -0.1) is 6.58 Å². The maximum absolute atomic E-state index is 10.2. The summed E-state index contributed by atoms with van der Waals surface area (Å²) in [5.41, 5.74) is 3.46. The van der Waals surface area contributed by atoms with E-state index in [9.17, 15) is 4.79 Å². The average molecular weight is 201 g/mol. The molecule has 1 aromatic carbocycles. The number of isocyanates is 1. The Balaban J connectivity index is 3.14. The third-order valence-electron chi connectivity index (χ3n) is 2.36. The standard InChI is InChI=1S/C13H15NO/c1-4-5-12-8-10(2)6-7-13(12)11(3)14-9-15/h4,6-8,11H,1,5H2,2-3H3. The van der Waals surface area contributed by atoms with Crippen LogP contribution in [0.5, 0.6) is 0 Å². The van der Waals surface area contributed by atoms with Gasteiger partial charge in [-0.05, 0) is 31.4 Å². The number of aryl methyl sites for hydroxylation is 1. The van der Waals surface area contributed by atoms with Crippen LogP contribution < -0.4 is 0 Å². The number of benzene rings is 1. The minimum Gasteiger partial charge on any atom is -0.211 e. The van der Waals surface area contributed by atoms with Gasteiger partial charge in [0, 0.05) is 0 Å². The van der Waals surface area contributed by atoms with Crippen molar-refractivity contribution < 1.29 is 4.79 Å². The van der Waals surface area contributed by atoms with Gasteiger partial charge < -0.3 is 0 Å². The third kappa shape index (κ3) is 2.90. The van der Waals surface area contributed by atoms with E-state index < -0.39 is 0 Å². The van der Waals surface area contributed by atoms with E-state index in [0.717, 1.165) is 12.0 Å². The van der Waals surface area contributed by atoms with Gasteiger partial charge in [0.25, 0.3) is 0 Å². The zero-order chi connectivity index (χ0) is 11.3. The molecule has 0 fully saturated rings. The van der Waals surface area contributed by atoms with Crippen LogP contribution >= 0.6 is 0 Å². The Labute approximate surface area is 90.4 Å². The molecule has 0 radical (unpaired) electrons. The molecule has 1 unspecified atom stereocenters. The molecule has 0 aliphatic carbocycles. The lowest BCUT2D eigenvalue weighted by atomic mass is 9.97. The van der Waals surface area contributed by atoms with Gasteiger partial charge in [-0.1, -0.05) is 29.8 Å². The first kappa shape index (κ1) is 11.4. The van der Waals surface area contributed by atoms with Crippen LogP contribution in [0.15, 0.2) is 35.8 Å². The Kier molecular flexibility index (Phi) is 4.02. The van der Waals surface area contributed by atoms with Crippen molar-refractivity contribution >= 4 is 6.08 Å². The molecular weight excluding hydrogens is 186 g/mol. The summed E-state index contributed by atoms with van der Waals surface area (Å²) in [5.74, 6) is 0. The molecule has 0 saturated carbocycles. The van der Waals surface area contributed by atoms with Gasteiger partial charge in [0.2, 0.25) is 6.08 Å². The van der Waals surface area contributed by atoms with Crippen LogP contribution in [0.4, 0.5) is 0 Å². The normalized spacial score (nSPS) is 11.6. The van der Waals surface area contributed by atoms with Crippen molar-refractivity contribution in [2.24, 2.45) is 4.99 Å². The highest BCUT2D eigenvalue weighted by molar-refractivity contribution is 5.39. The molecule has 0 saturated heterocycles. The van der Waals surface area contributed by atoms with Crippen LogP contribution in [0.2, 0.25) is 0 Å². The lowest BCUT2D eigenvalue weighted by molar-refractivity contribution is 0.559. The van der Waals surface area contributed by atoms with E-state index >= 15 is 0 Å². The fourth-order valence-corrected chi connectivity index (χ4v) is 1.62. The van der Waals surface area contributed by atoms with Crippen LogP contribution in [0.1, 0.15) is 29.7 Å². The van der Waals surface area contributed by atoms with E-state index in [2.05, 4.69) is 17.6 Å². The average Bonchev–Trinajstić information content (AvgIpc) is 2.18. The maximum Gasteiger partial charge on any atom is 0.235 e. The molecular formula is C13H15NO. The SMILES string of the molecule is C=CCc1cc(C)ccc1C(C)N=C=O. The van der Waals surface area contributed by atoms with Crippen LogP contribution in [0, 0.1) is 6.92 Å². The van der Waals surface area contributed by atoms with Crippen LogP contribution in [0.3, 0.4) is 0 Å². The first-order chi connectivity index (χ1) is 7.19. The van der Waals surface area contributed by atoms with Gasteiger partial charge in [-0.25, -0.2) is 4.79 Å². The Hall–Kier alpha value is -1.66. The van der Waals surface area contributed by atoms with Crippen LogP contribution in [-0.2, 0) is 11.2 Å². The number of hydrogen-bond donors (Lipinski definition) is 0. The van der Waals surface area contributed by atoms with Gasteiger partial charge in [-0.2, -0.15) is 4.99 Å². The molecule has 0 spiro atoms. The molecule has 15 heavy (non-hydrogen) atoms. The number of nitrogens with zero attached hydrogens (tertiary/aromatic N) is 1. The van der Waals surface area contributed by atoms with Gasteiger partial charge in [-0.3, -0.25) is 0 Å². The number of carbonyl (C=O) groups excluding carboxylic acids is 1. The molecule has 0 aliphatic rings. The Morgan fingerprint density at radius 3 is 2.93 bits per heavy atom. The van der Waals surface area contributed by atoms with E-state index in [4.69, 9.17) is 0 Å². The highest BCUT2D eigenvalue weighted by Gasteiger charge is 2.08. The summed E-state index contributed by atoms with van der Waals surface area (Å²) in [6.07, 6.45) is 4.26. The Bertz CT molecular complexity index is 403. The number of allylic oxidation sites excluding steroid dienone is 1. The lowest BCUT2D eigenvalue weighted by Gasteiger charge is -2.11. The molecule has 2 heteroatoms. The van der Waals surface area contributed by atoms with Crippen LogP contribution in [-0.4, -0.2) is 6.08 Å². The first-order valence-electron chi connectivity index (χ1n) is 4.96. The molecule has 2 nitrogen and oxygen atoms in total. The minimum absolute atomic E-state index is 0.127. The summed E-state index contributed by atoms with van der Waals surface area (Å²) in [6, 6.07) is 6.02. The number of hydrogen-bond acceptors (Lipinski definition) is 2. The Morgan fingerprint density at radius 1 is 1.60 bits per heavy atom. The molecule has 0 heterocycles. The summed E-state index contributed by atoms with van der Waals surface area (Å²) >= 11 is 0. The lowest BCUT2D eigenvalue weighted by Crippen LogP contribution is -1.97. The van der Waals surface area contributed by atoms with Crippen molar-refractivity contribution in [2.75, 3.05) is 0 Å². The highest BCUT2D eigenvalue weighted by atomic mass is 16.1. The summed E-state index contributed by atoms with van der Waals surface area (Å²) < 4.78 is 0. The zero-order valence-electron chi connectivity index (χ0n) is 9.16. The quantitative estimate of drug-likeness (QED) is 0.418. The van der Waals surface area contributed by atoms with Crippen molar-refractivity contribution in [2.45, 2.75) is 26.3 Å². The van der Waals surface area contributed by atoms with Gasteiger partial charge >= 0.3 is 0 Å². The Morgan fingerprint density at radius 2 is 2.33 bits per heavy atom. The minimum atomic E-state index is -0.127. The predicted molar refractivity (Wildman–Crippen MR) is 61.6 cm³/mol. The molecule has 1 rings (SSSR count). The monoisotopic (exact) mass is 201 g/mol. The van der Waals surface area contributed by atoms with Gasteiger partial charge in [0.05, 0.1) is 6.04 Å². The van der Waals surface area contributed by atoms with E-state index in [1.165, 1.54) is 11.1 Å². The fraction of sp³-hybridized carbons (Fsp3) is 0.308. The van der Waals surface area contributed by atoms with Gasteiger partial charge in [0.1, 0.15) is 0 Å². The first-order valence-corrected chi connectivity index (χ1v) is 4.96. The smallest absolute Gasteiger partial charge is 0.211 e. The second kappa shape index (κ2) is 5.28. The molecule has 0 aromatic heterocycles. The molecule has 1 aromatic rings. The highest BCUT2D eigenvalue weighted by Crippen LogP contribution is 2.22. The summed E-state index contributed by atoms with van der Waals surface area (Å²) in [6.45, 7) is 7.66. The van der Waals surface area contributed by atoms with Crippen molar-refractivity contribution in [3.8, 4) is 0 Å². The van der Waals surface area contributed by atoms with E-state index in [0.29, 0.717) is 0 Å². The van der Waals surface area contributed by atoms with Gasteiger partial charge in [0.15, 0.2) is 0 Å². The summed E-state index contributed by atoms with van der Waals surface area (Å²) in [5, 5.41) is 0. The van der Waals surface area contributed by atoms with E-state index in [-0.39, 0.29) is 6.04 Å².